The molecule has 0 aliphatic heterocycles. The average molecular weight is 304 g/mol. The molecule has 0 aliphatic rings. The standard InChI is InChI=1S/C14H10ClF4N/c1-20-14(9-4-7(16)2-3-10(9)15)13-11(18)5-8(17)6-12(13)19/h2-6,14,20H,1H3. The molecular weight excluding hydrogens is 294 g/mol. The number of rotatable bonds is 3. The van der Waals surface area contributed by atoms with Gasteiger partial charge in [-0.05, 0) is 30.8 Å². The first-order valence-corrected chi connectivity index (χ1v) is 6.08. The zero-order chi connectivity index (χ0) is 14.9. The molecule has 0 amide bonds. The van der Waals surface area contributed by atoms with E-state index in [4.69, 9.17) is 11.6 Å². The molecule has 2 rings (SSSR count). The predicted octanol–water partition coefficient (Wildman–Crippen LogP) is 4.21. The molecule has 0 fully saturated rings. The lowest BCUT2D eigenvalue weighted by Crippen LogP contribution is -2.21. The Kier molecular flexibility index (Phi) is 4.30. The highest BCUT2D eigenvalue weighted by Gasteiger charge is 2.24. The van der Waals surface area contributed by atoms with Crippen LogP contribution in [-0.2, 0) is 0 Å². The molecule has 2 aromatic rings. The monoisotopic (exact) mass is 303 g/mol. The van der Waals surface area contributed by atoms with Crippen LogP contribution in [-0.4, -0.2) is 7.05 Å². The van der Waals surface area contributed by atoms with Crippen LogP contribution < -0.4 is 5.32 Å². The maximum absolute atomic E-state index is 13.8. The van der Waals surface area contributed by atoms with Crippen molar-refractivity contribution >= 4 is 11.6 Å². The highest BCUT2D eigenvalue weighted by Crippen LogP contribution is 2.32. The molecule has 2 aromatic carbocycles. The Bertz CT molecular complexity index is 622. The van der Waals surface area contributed by atoms with Crippen LogP contribution in [0, 0.1) is 23.3 Å². The second-order valence-corrected chi connectivity index (χ2v) is 4.58. The van der Waals surface area contributed by atoms with Crippen molar-refractivity contribution in [2.24, 2.45) is 0 Å². The third-order valence-electron chi connectivity index (χ3n) is 2.89. The van der Waals surface area contributed by atoms with Crippen LogP contribution in [0.2, 0.25) is 5.02 Å². The van der Waals surface area contributed by atoms with E-state index in [-0.39, 0.29) is 10.6 Å². The van der Waals surface area contributed by atoms with E-state index in [1.165, 1.54) is 13.1 Å². The Labute approximate surface area is 118 Å². The van der Waals surface area contributed by atoms with E-state index in [9.17, 15) is 17.6 Å². The smallest absolute Gasteiger partial charge is 0.134 e. The van der Waals surface area contributed by atoms with E-state index < -0.39 is 34.9 Å². The molecular formula is C14H10ClF4N. The largest absolute Gasteiger partial charge is 0.309 e. The van der Waals surface area contributed by atoms with Crippen molar-refractivity contribution in [1.82, 2.24) is 5.32 Å². The molecule has 106 valence electrons. The van der Waals surface area contributed by atoms with E-state index in [1.807, 2.05) is 0 Å². The lowest BCUT2D eigenvalue weighted by molar-refractivity contribution is 0.499. The van der Waals surface area contributed by atoms with Gasteiger partial charge in [-0.3, -0.25) is 0 Å². The molecule has 20 heavy (non-hydrogen) atoms. The Morgan fingerprint density at radius 2 is 1.55 bits per heavy atom. The quantitative estimate of drug-likeness (QED) is 0.838. The number of benzene rings is 2. The van der Waals surface area contributed by atoms with Crippen molar-refractivity contribution in [1.29, 1.82) is 0 Å². The van der Waals surface area contributed by atoms with Gasteiger partial charge >= 0.3 is 0 Å². The van der Waals surface area contributed by atoms with Crippen LogP contribution in [0.15, 0.2) is 30.3 Å². The van der Waals surface area contributed by atoms with Gasteiger partial charge in [0.2, 0.25) is 0 Å². The molecule has 0 heterocycles. The first-order valence-electron chi connectivity index (χ1n) is 5.70. The summed E-state index contributed by atoms with van der Waals surface area (Å²) in [5.74, 6) is -3.75. The molecule has 0 saturated heterocycles. The van der Waals surface area contributed by atoms with Crippen molar-refractivity contribution in [3.63, 3.8) is 0 Å². The summed E-state index contributed by atoms with van der Waals surface area (Å²) in [6.07, 6.45) is 0. The molecule has 0 saturated carbocycles. The van der Waals surface area contributed by atoms with Crippen LogP contribution in [0.1, 0.15) is 17.2 Å². The SMILES string of the molecule is CNC(c1cc(F)ccc1Cl)c1c(F)cc(F)cc1F. The van der Waals surface area contributed by atoms with Crippen molar-refractivity contribution in [3.8, 4) is 0 Å². The highest BCUT2D eigenvalue weighted by atomic mass is 35.5. The summed E-state index contributed by atoms with van der Waals surface area (Å²) < 4.78 is 53.8. The predicted molar refractivity (Wildman–Crippen MR) is 68.6 cm³/mol. The zero-order valence-electron chi connectivity index (χ0n) is 10.4. The second-order valence-electron chi connectivity index (χ2n) is 4.17. The molecule has 0 spiro atoms. The number of hydrogen-bond acceptors (Lipinski definition) is 1. The molecule has 0 aromatic heterocycles. The summed E-state index contributed by atoms with van der Waals surface area (Å²) in [5.41, 5.74) is -0.250. The van der Waals surface area contributed by atoms with E-state index in [1.54, 1.807) is 0 Å². The molecule has 0 bridgehead atoms. The maximum atomic E-state index is 13.8. The number of nitrogens with one attached hydrogen (secondary N) is 1. The van der Waals surface area contributed by atoms with Gasteiger partial charge in [0.05, 0.1) is 6.04 Å². The Morgan fingerprint density at radius 1 is 0.950 bits per heavy atom. The van der Waals surface area contributed by atoms with Crippen molar-refractivity contribution < 1.29 is 17.6 Å². The summed E-state index contributed by atoms with van der Waals surface area (Å²) in [6, 6.07) is 3.60. The van der Waals surface area contributed by atoms with Gasteiger partial charge in [0.25, 0.3) is 0 Å². The topological polar surface area (TPSA) is 12.0 Å². The lowest BCUT2D eigenvalue weighted by Gasteiger charge is -2.20. The number of hydrogen-bond donors (Lipinski definition) is 1. The van der Waals surface area contributed by atoms with Gasteiger partial charge in [0, 0.05) is 22.7 Å². The Balaban J connectivity index is 2.61. The van der Waals surface area contributed by atoms with Crippen LogP contribution in [0.3, 0.4) is 0 Å². The fraction of sp³-hybridized carbons (Fsp3) is 0.143. The van der Waals surface area contributed by atoms with E-state index in [2.05, 4.69) is 5.32 Å². The fourth-order valence-corrected chi connectivity index (χ4v) is 2.25. The first kappa shape index (κ1) is 14.8. The van der Waals surface area contributed by atoms with Crippen molar-refractivity contribution in [3.05, 3.63) is 69.8 Å². The van der Waals surface area contributed by atoms with Gasteiger partial charge in [-0.2, -0.15) is 0 Å². The Morgan fingerprint density at radius 3 is 2.10 bits per heavy atom. The second kappa shape index (κ2) is 5.81. The zero-order valence-corrected chi connectivity index (χ0v) is 11.1. The molecule has 1 atom stereocenters. The van der Waals surface area contributed by atoms with E-state index in [0.717, 1.165) is 12.1 Å². The van der Waals surface area contributed by atoms with Gasteiger partial charge in [0.1, 0.15) is 23.3 Å². The molecule has 6 heteroatoms. The molecule has 0 aliphatic carbocycles. The van der Waals surface area contributed by atoms with Crippen LogP contribution in [0.5, 0.6) is 0 Å². The van der Waals surface area contributed by atoms with Gasteiger partial charge in [-0.15, -0.1) is 0 Å². The minimum Gasteiger partial charge on any atom is -0.309 e. The van der Waals surface area contributed by atoms with E-state index >= 15 is 0 Å². The summed E-state index contributed by atoms with van der Waals surface area (Å²) in [6.45, 7) is 0. The molecule has 1 N–H and O–H groups in total. The summed E-state index contributed by atoms with van der Waals surface area (Å²) in [5, 5.41) is 2.80. The molecule has 1 nitrogen and oxygen atoms in total. The van der Waals surface area contributed by atoms with Gasteiger partial charge in [-0.25, -0.2) is 17.6 Å². The fourth-order valence-electron chi connectivity index (χ4n) is 2.02. The Hall–Kier alpha value is -1.59. The van der Waals surface area contributed by atoms with Gasteiger partial charge in [0.15, 0.2) is 0 Å². The maximum Gasteiger partial charge on any atom is 0.134 e. The van der Waals surface area contributed by atoms with E-state index in [0.29, 0.717) is 12.1 Å². The van der Waals surface area contributed by atoms with Crippen LogP contribution in [0.4, 0.5) is 17.6 Å². The lowest BCUT2D eigenvalue weighted by atomic mass is 9.97. The van der Waals surface area contributed by atoms with Crippen LogP contribution >= 0.6 is 11.6 Å². The number of halogens is 5. The normalized spacial score (nSPS) is 12.5. The molecule has 1 unspecified atom stereocenters. The van der Waals surface area contributed by atoms with Gasteiger partial charge in [-0.1, -0.05) is 11.6 Å². The minimum atomic E-state index is -1.07. The minimum absolute atomic E-state index is 0.147. The summed E-state index contributed by atoms with van der Waals surface area (Å²) in [7, 11) is 1.44. The molecule has 0 radical (unpaired) electrons. The first-order chi connectivity index (χ1) is 9.43. The van der Waals surface area contributed by atoms with Crippen LogP contribution in [0.25, 0.3) is 0 Å². The third-order valence-corrected chi connectivity index (χ3v) is 3.23. The van der Waals surface area contributed by atoms with Crippen molar-refractivity contribution in [2.45, 2.75) is 6.04 Å². The van der Waals surface area contributed by atoms with Crippen molar-refractivity contribution in [2.75, 3.05) is 7.05 Å². The highest BCUT2D eigenvalue weighted by molar-refractivity contribution is 6.31. The average Bonchev–Trinajstić information content (AvgIpc) is 2.37. The van der Waals surface area contributed by atoms with Gasteiger partial charge < -0.3 is 5.32 Å². The summed E-state index contributed by atoms with van der Waals surface area (Å²) >= 11 is 5.93. The summed E-state index contributed by atoms with van der Waals surface area (Å²) in [4.78, 5) is 0. The third kappa shape index (κ3) is 2.78.